The first-order chi connectivity index (χ1) is 12.3. The summed E-state index contributed by atoms with van der Waals surface area (Å²) in [6.45, 7) is 3.32. The molecule has 26 heavy (non-hydrogen) atoms. The Hall–Kier alpha value is -1.61. The molecule has 2 N–H and O–H groups in total. The molecule has 142 valence electrons. The molecule has 1 aliphatic heterocycles. The maximum atomic E-state index is 5.62. The number of halogens is 1. The summed E-state index contributed by atoms with van der Waals surface area (Å²) in [6.07, 6.45) is 7.34. The number of imidazole rings is 1. The van der Waals surface area contributed by atoms with Gasteiger partial charge in [0.1, 0.15) is 5.82 Å². The van der Waals surface area contributed by atoms with Crippen LogP contribution < -0.4 is 10.6 Å². The largest absolute Gasteiger partial charge is 0.376 e. The molecule has 1 saturated heterocycles. The Kier molecular flexibility index (Phi) is 8.90. The minimum absolute atomic E-state index is 0. The smallest absolute Gasteiger partial charge is 0.191 e. The van der Waals surface area contributed by atoms with Crippen LogP contribution in [0.25, 0.3) is 0 Å². The maximum absolute atomic E-state index is 5.62. The van der Waals surface area contributed by atoms with Crippen LogP contribution in [0.2, 0.25) is 0 Å². The Morgan fingerprint density at radius 2 is 2.15 bits per heavy atom. The van der Waals surface area contributed by atoms with Crippen molar-refractivity contribution >= 4 is 29.9 Å². The second-order valence-electron chi connectivity index (χ2n) is 6.22. The van der Waals surface area contributed by atoms with Gasteiger partial charge in [0.2, 0.25) is 0 Å². The van der Waals surface area contributed by atoms with Gasteiger partial charge in [-0.25, -0.2) is 4.98 Å². The zero-order chi connectivity index (χ0) is 17.3. The van der Waals surface area contributed by atoms with E-state index in [2.05, 4.69) is 49.4 Å². The molecule has 0 spiro atoms. The first-order valence-corrected chi connectivity index (χ1v) is 8.95. The van der Waals surface area contributed by atoms with E-state index in [-0.39, 0.29) is 24.0 Å². The number of nitrogens with zero attached hydrogens (tertiary/aromatic N) is 3. The van der Waals surface area contributed by atoms with Gasteiger partial charge in [-0.1, -0.05) is 30.3 Å². The Morgan fingerprint density at radius 1 is 1.31 bits per heavy atom. The lowest BCUT2D eigenvalue weighted by Crippen LogP contribution is -2.41. The summed E-state index contributed by atoms with van der Waals surface area (Å²) in [7, 11) is 1.79. The standard InChI is InChI=1S/C19H27N5O.HI/c1-20-19(23-14-17-8-5-13-25-17)22-10-9-18-21-11-12-24(18)15-16-6-3-2-4-7-16;/h2-4,6-7,11-12,17H,5,8-10,13-15H2,1H3,(H2,20,22,23);1H. The van der Waals surface area contributed by atoms with Crippen LogP contribution in [0.4, 0.5) is 0 Å². The highest BCUT2D eigenvalue weighted by Gasteiger charge is 2.15. The van der Waals surface area contributed by atoms with Gasteiger partial charge in [-0.15, -0.1) is 24.0 Å². The number of aromatic nitrogens is 2. The summed E-state index contributed by atoms with van der Waals surface area (Å²) in [5, 5.41) is 6.69. The molecule has 0 bridgehead atoms. The summed E-state index contributed by atoms with van der Waals surface area (Å²) < 4.78 is 7.82. The summed E-state index contributed by atoms with van der Waals surface area (Å²) >= 11 is 0. The van der Waals surface area contributed by atoms with Crippen LogP contribution in [0.15, 0.2) is 47.7 Å². The molecule has 2 aromatic rings. The van der Waals surface area contributed by atoms with E-state index in [4.69, 9.17) is 4.74 Å². The predicted molar refractivity (Wildman–Crippen MR) is 115 cm³/mol. The van der Waals surface area contributed by atoms with Gasteiger partial charge in [0.05, 0.1) is 6.10 Å². The molecule has 1 unspecified atom stereocenters. The number of nitrogens with one attached hydrogen (secondary N) is 2. The minimum atomic E-state index is 0. The van der Waals surface area contributed by atoms with Crippen molar-refractivity contribution < 1.29 is 4.74 Å². The quantitative estimate of drug-likeness (QED) is 0.372. The Bertz CT molecular complexity index is 668. The van der Waals surface area contributed by atoms with Crippen molar-refractivity contribution in [3.63, 3.8) is 0 Å². The normalized spacial score (nSPS) is 17.0. The topological polar surface area (TPSA) is 63.5 Å². The number of guanidine groups is 1. The van der Waals surface area contributed by atoms with E-state index in [1.165, 1.54) is 5.56 Å². The average Bonchev–Trinajstić information content (AvgIpc) is 3.31. The third kappa shape index (κ3) is 6.28. The number of hydrogen-bond acceptors (Lipinski definition) is 3. The van der Waals surface area contributed by atoms with Crippen molar-refractivity contribution in [3.05, 3.63) is 54.1 Å². The molecule has 3 rings (SSSR count). The molecule has 6 nitrogen and oxygen atoms in total. The van der Waals surface area contributed by atoms with E-state index in [0.717, 1.165) is 57.3 Å². The van der Waals surface area contributed by atoms with E-state index in [1.54, 1.807) is 7.05 Å². The summed E-state index contributed by atoms with van der Waals surface area (Å²) in [6, 6.07) is 10.4. The molecule has 1 aromatic carbocycles. The fourth-order valence-electron chi connectivity index (χ4n) is 3.02. The zero-order valence-electron chi connectivity index (χ0n) is 15.2. The van der Waals surface area contributed by atoms with Crippen LogP contribution in [0.3, 0.4) is 0 Å². The van der Waals surface area contributed by atoms with Gasteiger partial charge in [-0.3, -0.25) is 4.99 Å². The first kappa shape index (κ1) is 20.7. The number of benzene rings is 1. The SMILES string of the molecule is CN=C(NCCc1nccn1Cc1ccccc1)NCC1CCCO1.I. The molecule has 1 aliphatic rings. The Morgan fingerprint density at radius 3 is 2.88 bits per heavy atom. The monoisotopic (exact) mass is 469 g/mol. The molecule has 0 radical (unpaired) electrons. The van der Waals surface area contributed by atoms with Crippen molar-refractivity contribution in [1.82, 2.24) is 20.2 Å². The van der Waals surface area contributed by atoms with Gasteiger partial charge >= 0.3 is 0 Å². The third-order valence-corrected chi connectivity index (χ3v) is 4.38. The number of hydrogen-bond donors (Lipinski definition) is 2. The van der Waals surface area contributed by atoms with Gasteiger partial charge < -0.3 is 19.9 Å². The van der Waals surface area contributed by atoms with Crippen LogP contribution in [-0.2, 0) is 17.7 Å². The van der Waals surface area contributed by atoms with Crippen LogP contribution in [0, 0.1) is 0 Å². The molecule has 2 heterocycles. The average molecular weight is 469 g/mol. The van der Waals surface area contributed by atoms with Crippen LogP contribution >= 0.6 is 24.0 Å². The molecule has 1 fully saturated rings. The lowest BCUT2D eigenvalue weighted by Gasteiger charge is -2.15. The highest BCUT2D eigenvalue weighted by molar-refractivity contribution is 14.0. The molecule has 0 amide bonds. The van der Waals surface area contributed by atoms with Crippen molar-refractivity contribution in [2.75, 3.05) is 26.7 Å². The van der Waals surface area contributed by atoms with Crippen LogP contribution in [0.1, 0.15) is 24.2 Å². The van der Waals surface area contributed by atoms with Crippen molar-refractivity contribution in [1.29, 1.82) is 0 Å². The molecule has 0 aliphatic carbocycles. The third-order valence-electron chi connectivity index (χ3n) is 4.38. The van der Waals surface area contributed by atoms with E-state index >= 15 is 0 Å². The van der Waals surface area contributed by atoms with Gasteiger partial charge in [-0.05, 0) is 18.4 Å². The van der Waals surface area contributed by atoms with E-state index in [0.29, 0.717) is 6.10 Å². The predicted octanol–water partition coefficient (Wildman–Crippen LogP) is 2.44. The number of aliphatic imine (C=N–C) groups is 1. The van der Waals surface area contributed by atoms with E-state index in [1.807, 2.05) is 18.5 Å². The second kappa shape index (κ2) is 11.2. The van der Waals surface area contributed by atoms with Gasteiger partial charge in [0.15, 0.2) is 5.96 Å². The second-order valence-corrected chi connectivity index (χ2v) is 6.22. The highest BCUT2D eigenvalue weighted by atomic mass is 127. The molecular weight excluding hydrogens is 441 g/mol. The highest BCUT2D eigenvalue weighted by Crippen LogP contribution is 2.10. The van der Waals surface area contributed by atoms with Gasteiger partial charge in [-0.2, -0.15) is 0 Å². The molecule has 1 atom stereocenters. The van der Waals surface area contributed by atoms with E-state index in [9.17, 15) is 0 Å². The van der Waals surface area contributed by atoms with Crippen LogP contribution in [0.5, 0.6) is 0 Å². The van der Waals surface area contributed by atoms with Crippen molar-refractivity contribution in [2.24, 2.45) is 4.99 Å². The van der Waals surface area contributed by atoms with Crippen molar-refractivity contribution in [2.45, 2.75) is 31.9 Å². The molecule has 0 saturated carbocycles. The van der Waals surface area contributed by atoms with Gasteiger partial charge in [0, 0.05) is 52.1 Å². The van der Waals surface area contributed by atoms with Crippen molar-refractivity contribution in [3.8, 4) is 0 Å². The molecule has 1 aromatic heterocycles. The van der Waals surface area contributed by atoms with Gasteiger partial charge in [0.25, 0.3) is 0 Å². The summed E-state index contributed by atoms with van der Waals surface area (Å²) in [4.78, 5) is 8.76. The first-order valence-electron chi connectivity index (χ1n) is 8.95. The summed E-state index contributed by atoms with van der Waals surface area (Å²) in [5.41, 5.74) is 1.28. The zero-order valence-corrected chi connectivity index (χ0v) is 17.6. The van der Waals surface area contributed by atoms with E-state index < -0.39 is 0 Å². The number of ether oxygens (including phenoxy) is 1. The Balaban J connectivity index is 0.00000243. The lowest BCUT2D eigenvalue weighted by atomic mass is 10.2. The van der Waals surface area contributed by atoms with Crippen LogP contribution in [-0.4, -0.2) is 48.4 Å². The molecule has 7 heteroatoms. The Labute approximate surface area is 172 Å². The lowest BCUT2D eigenvalue weighted by molar-refractivity contribution is 0.114. The number of rotatable bonds is 7. The minimum Gasteiger partial charge on any atom is -0.376 e. The fraction of sp³-hybridized carbons (Fsp3) is 0.474. The summed E-state index contributed by atoms with van der Waals surface area (Å²) in [5.74, 6) is 1.89. The molecular formula is C19H28IN5O. The fourth-order valence-corrected chi connectivity index (χ4v) is 3.02. The maximum Gasteiger partial charge on any atom is 0.191 e.